The Balaban J connectivity index is 1.28. The normalized spacial score (nSPS) is 16.7. The number of fused-ring (bicyclic) bond motifs is 1. The Morgan fingerprint density at radius 3 is 2.67 bits per heavy atom. The maximum absolute atomic E-state index is 13.7. The smallest absolute Gasteiger partial charge is 0.320 e. The molecular formula is C31H36ClFN6O4. The van der Waals surface area contributed by atoms with Gasteiger partial charge in [0, 0.05) is 55.4 Å². The number of halogens is 2. The predicted octanol–water partition coefficient (Wildman–Crippen LogP) is 5.02. The van der Waals surface area contributed by atoms with Crippen molar-refractivity contribution >= 4 is 51.6 Å². The van der Waals surface area contributed by atoms with Gasteiger partial charge in [0.05, 0.1) is 36.0 Å². The maximum atomic E-state index is 13.7. The molecule has 228 valence electrons. The number of aromatic nitrogens is 2. The minimum Gasteiger partial charge on any atom is -0.491 e. The fourth-order valence-corrected chi connectivity index (χ4v) is 5.02. The molecular weight excluding hydrogens is 575 g/mol. The van der Waals surface area contributed by atoms with Crippen LogP contribution in [0, 0.1) is 11.7 Å². The second-order valence-corrected chi connectivity index (χ2v) is 11.2. The zero-order valence-corrected chi connectivity index (χ0v) is 25.1. The topological polar surface area (TPSA) is 109 Å². The summed E-state index contributed by atoms with van der Waals surface area (Å²) in [7, 11) is 0. The Morgan fingerprint density at radius 2 is 1.95 bits per heavy atom. The number of benzene rings is 2. The molecule has 2 heterocycles. The van der Waals surface area contributed by atoms with Crippen LogP contribution >= 0.6 is 11.6 Å². The van der Waals surface area contributed by atoms with E-state index in [1.165, 1.54) is 24.5 Å². The average Bonchev–Trinajstić information content (AvgIpc) is 3.82. The highest BCUT2D eigenvalue weighted by Crippen LogP contribution is 2.36. The van der Waals surface area contributed by atoms with Crippen molar-refractivity contribution in [3.8, 4) is 5.75 Å². The summed E-state index contributed by atoms with van der Waals surface area (Å²) >= 11 is 5.96. The monoisotopic (exact) mass is 610 g/mol. The molecule has 0 radical (unpaired) electrons. The van der Waals surface area contributed by atoms with Crippen LogP contribution in [0.5, 0.6) is 5.75 Å². The van der Waals surface area contributed by atoms with Crippen LogP contribution < -0.4 is 15.4 Å². The molecule has 1 saturated heterocycles. The lowest BCUT2D eigenvalue weighted by Gasteiger charge is -2.36. The lowest BCUT2D eigenvalue weighted by atomic mass is 10.1. The van der Waals surface area contributed by atoms with Crippen LogP contribution in [0.15, 0.2) is 48.8 Å². The minimum absolute atomic E-state index is 0.00773. The number of ether oxygens (including phenoxy) is 2. The molecule has 2 N–H and O–H groups in total. The van der Waals surface area contributed by atoms with Crippen LogP contribution in [0.3, 0.4) is 0 Å². The van der Waals surface area contributed by atoms with Gasteiger partial charge in [-0.3, -0.25) is 19.4 Å². The second-order valence-electron chi connectivity index (χ2n) is 10.8. The van der Waals surface area contributed by atoms with Gasteiger partial charge in [-0.2, -0.15) is 0 Å². The molecule has 1 atom stereocenters. The van der Waals surface area contributed by atoms with Gasteiger partial charge in [0.2, 0.25) is 5.91 Å². The van der Waals surface area contributed by atoms with Crippen molar-refractivity contribution in [1.29, 1.82) is 0 Å². The molecule has 1 aliphatic heterocycles. The summed E-state index contributed by atoms with van der Waals surface area (Å²) in [5.74, 6) is 0.512. The van der Waals surface area contributed by atoms with Crippen LogP contribution in [-0.2, 0) is 14.3 Å². The third-order valence-electron chi connectivity index (χ3n) is 7.52. The van der Waals surface area contributed by atoms with Gasteiger partial charge in [-0.1, -0.05) is 17.7 Å². The average molecular weight is 611 g/mol. The Labute approximate surface area is 255 Å². The van der Waals surface area contributed by atoms with Gasteiger partial charge in [-0.05, 0) is 56.9 Å². The molecule has 43 heavy (non-hydrogen) atoms. The van der Waals surface area contributed by atoms with E-state index < -0.39 is 5.82 Å². The highest BCUT2D eigenvalue weighted by Gasteiger charge is 2.24. The molecule has 5 rings (SSSR count). The van der Waals surface area contributed by atoms with E-state index in [0.29, 0.717) is 59.5 Å². The standard InChI is InChI=1S/C31H36ClFN6O4/c1-3-42-30(41)17-38-10-12-39(13-11-38)20(2)4-9-29(40)37-27-15-23-26(16-28(27)43-18-21-5-6-21)34-19-35-31(23)36-22-7-8-25(33)24(32)14-22/h4,7-9,14-16,19-21H,3,5-6,10-13,17-18H2,1-2H3,(H,37,40)(H,34,35,36). The fraction of sp³-hybridized carbons (Fsp3) is 0.419. The molecule has 10 nitrogen and oxygen atoms in total. The first-order chi connectivity index (χ1) is 20.8. The first-order valence-corrected chi connectivity index (χ1v) is 14.9. The Kier molecular flexibility index (Phi) is 10.1. The third-order valence-corrected chi connectivity index (χ3v) is 7.80. The van der Waals surface area contributed by atoms with Gasteiger partial charge in [0.15, 0.2) is 0 Å². The number of carbonyl (C=O) groups is 2. The van der Waals surface area contributed by atoms with Gasteiger partial charge in [0.25, 0.3) is 0 Å². The lowest BCUT2D eigenvalue weighted by Crippen LogP contribution is -2.50. The fourth-order valence-electron chi connectivity index (χ4n) is 4.84. The van der Waals surface area contributed by atoms with E-state index in [0.717, 1.165) is 39.0 Å². The Hall–Kier alpha value is -3.80. The summed E-state index contributed by atoms with van der Waals surface area (Å²) in [4.78, 5) is 38.0. The zero-order chi connectivity index (χ0) is 30.3. The zero-order valence-electron chi connectivity index (χ0n) is 24.3. The maximum Gasteiger partial charge on any atom is 0.320 e. The van der Waals surface area contributed by atoms with E-state index in [-0.39, 0.29) is 22.9 Å². The summed E-state index contributed by atoms with van der Waals surface area (Å²) in [5.41, 5.74) is 1.68. The number of piperazine rings is 1. The van der Waals surface area contributed by atoms with E-state index in [1.807, 2.05) is 13.0 Å². The van der Waals surface area contributed by atoms with E-state index in [2.05, 4.69) is 30.4 Å². The molecule has 2 aromatic carbocycles. The predicted molar refractivity (Wildman–Crippen MR) is 164 cm³/mol. The number of amides is 1. The number of carbonyl (C=O) groups excluding carboxylic acids is 2. The highest BCUT2D eigenvalue weighted by atomic mass is 35.5. The number of nitrogens with one attached hydrogen (secondary N) is 2. The summed E-state index contributed by atoms with van der Waals surface area (Å²) in [6.45, 7) is 8.16. The van der Waals surface area contributed by atoms with Crippen LogP contribution in [-0.4, -0.2) is 83.6 Å². The van der Waals surface area contributed by atoms with Crippen molar-refractivity contribution in [2.75, 3.05) is 56.6 Å². The SMILES string of the molecule is CCOC(=O)CN1CCN(C(C)C=CC(=O)Nc2cc3c(Nc4ccc(F)c(Cl)c4)ncnc3cc2OCC2CC2)CC1. The number of esters is 1. The summed E-state index contributed by atoms with van der Waals surface area (Å²) in [6, 6.07) is 7.93. The minimum atomic E-state index is -0.513. The van der Waals surface area contributed by atoms with Crippen molar-refractivity contribution in [1.82, 2.24) is 19.8 Å². The molecule has 1 amide bonds. The molecule has 1 saturated carbocycles. The lowest BCUT2D eigenvalue weighted by molar-refractivity contribution is -0.144. The van der Waals surface area contributed by atoms with Crippen LogP contribution in [0.1, 0.15) is 26.7 Å². The van der Waals surface area contributed by atoms with E-state index in [1.54, 1.807) is 25.1 Å². The molecule has 0 spiro atoms. The van der Waals surface area contributed by atoms with Gasteiger partial charge >= 0.3 is 5.97 Å². The van der Waals surface area contributed by atoms with Crippen molar-refractivity contribution in [2.24, 2.45) is 5.92 Å². The Morgan fingerprint density at radius 1 is 1.16 bits per heavy atom. The molecule has 1 aromatic heterocycles. The van der Waals surface area contributed by atoms with Gasteiger partial charge in [0.1, 0.15) is 23.7 Å². The van der Waals surface area contributed by atoms with Crippen molar-refractivity contribution in [3.05, 3.63) is 59.7 Å². The molecule has 1 aliphatic carbocycles. The summed E-state index contributed by atoms with van der Waals surface area (Å²) in [5, 5.41) is 6.78. The van der Waals surface area contributed by atoms with E-state index in [4.69, 9.17) is 21.1 Å². The first kappa shape index (κ1) is 30.7. The second kappa shape index (κ2) is 14.1. The van der Waals surface area contributed by atoms with Gasteiger partial charge in [-0.15, -0.1) is 0 Å². The summed E-state index contributed by atoms with van der Waals surface area (Å²) in [6.07, 6.45) is 7.09. The van der Waals surface area contributed by atoms with E-state index in [9.17, 15) is 14.0 Å². The van der Waals surface area contributed by atoms with Crippen LogP contribution in [0.25, 0.3) is 10.9 Å². The van der Waals surface area contributed by atoms with Gasteiger partial charge in [-0.25, -0.2) is 14.4 Å². The molecule has 2 aliphatic rings. The first-order valence-electron chi connectivity index (χ1n) is 14.5. The molecule has 12 heteroatoms. The highest BCUT2D eigenvalue weighted by molar-refractivity contribution is 6.31. The largest absolute Gasteiger partial charge is 0.491 e. The third kappa shape index (κ3) is 8.40. The molecule has 1 unspecified atom stereocenters. The van der Waals surface area contributed by atoms with Gasteiger partial charge < -0.3 is 20.1 Å². The number of hydrogen-bond acceptors (Lipinski definition) is 9. The van der Waals surface area contributed by atoms with Crippen LogP contribution in [0.4, 0.5) is 21.6 Å². The Bertz CT molecular complexity index is 1490. The number of anilines is 3. The van der Waals surface area contributed by atoms with Crippen molar-refractivity contribution < 1.29 is 23.5 Å². The van der Waals surface area contributed by atoms with Crippen LogP contribution in [0.2, 0.25) is 5.02 Å². The van der Waals surface area contributed by atoms with E-state index >= 15 is 0 Å². The number of hydrogen-bond donors (Lipinski definition) is 2. The number of rotatable bonds is 12. The molecule has 0 bridgehead atoms. The summed E-state index contributed by atoms with van der Waals surface area (Å²) < 4.78 is 24.8. The number of nitrogens with zero attached hydrogens (tertiary/aromatic N) is 4. The molecule has 3 aromatic rings. The van der Waals surface area contributed by atoms with Crippen molar-refractivity contribution in [2.45, 2.75) is 32.7 Å². The molecule has 2 fully saturated rings. The quantitative estimate of drug-likeness (QED) is 0.216. The van der Waals surface area contributed by atoms with Crippen molar-refractivity contribution in [3.63, 3.8) is 0 Å².